The second-order valence-electron chi connectivity index (χ2n) is 8.73. The Balaban J connectivity index is 1.46. The zero-order valence-corrected chi connectivity index (χ0v) is 19.2. The van der Waals surface area contributed by atoms with E-state index in [1.54, 1.807) is 0 Å². The Bertz CT molecular complexity index is 758. The molecular weight excluding hydrogens is 384 g/mol. The summed E-state index contributed by atoms with van der Waals surface area (Å²) in [5.41, 5.74) is 3.45. The summed E-state index contributed by atoms with van der Waals surface area (Å²) in [7, 11) is 0. The molecule has 0 amide bonds. The van der Waals surface area contributed by atoms with Gasteiger partial charge in [0.05, 0.1) is 19.8 Å². The first-order chi connectivity index (χ1) is 15.2. The van der Waals surface area contributed by atoms with Crippen molar-refractivity contribution < 1.29 is 14.2 Å². The van der Waals surface area contributed by atoms with Crippen molar-refractivity contribution in [1.29, 1.82) is 0 Å². The summed E-state index contributed by atoms with van der Waals surface area (Å²) in [5.74, 6) is 2.21. The fourth-order valence-electron chi connectivity index (χ4n) is 3.86. The van der Waals surface area contributed by atoms with Crippen molar-refractivity contribution in [2.24, 2.45) is 11.8 Å². The molecule has 0 spiro atoms. The number of ether oxygens (including phenoxy) is 3. The predicted molar refractivity (Wildman–Crippen MR) is 128 cm³/mol. The van der Waals surface area contributed by atoms with Gasteiger partial charge in [0.15, 0.2) is 6.29 Å². The third kappa shape index (κ3) is 7.52. The van der Waals surface area contributed by atoms with Gasteiger partial charge < -0.3 is 14.2 Å². The van der Waals surface area contributed by atoms with Gasteiger partial charge >= 0.3 is 0 Å². The standard InChI is InChI=1S/C28H38O3/c1-4-6-7-10-23-20-30-28(31-21-23)26-13-11-24(12-14-26)25-15-17-27(18-16-25)29-19-8-9-22(3)5-2/h4,11-18,22-23,28H,1,5-10,19-21H2,2-3H3/t22-,23-,28-/m0/s1. The van der Waals surface area contributed by atoms with E-state index in [4.69, 9.17) is 14.2 Å². The molecule has 1 aliphatic heterocycles. The molecule has 0 aromatic heterocycles. The molecule has 2 aromatic rings. The summed E-state index contributed by atoms with van der Waals surface area (Å²) in [6, 6.07) is 16.9. The van der Waals surface area contributed by atoms with Crippen molar-refractivity contribution in [3.63, 3.8) is 0 Å². The van der Waals surface area contributed by atoms with Crippen molar-refractivity contribution in [1.82, 2.24) is 0 Å². The van der Waals surface area contributed by atoms with E-state index in [0.717, 1.165) is 62.7 Å². The molecule has 31 heavy (non-hydrogen) atoms. The van der Waals surface area contributed by atoms with E-state index >= 15 is 0 Å². The lowest BCUT2D eigenvalue weighted by atomic mass is 10.0. The van der Waals surface area contributed by atoms with Crippen molar-refractivity contribution >= 4 is 0 Å². The molecule has 1 saturated heterocycles. The second-order valence-corrected chi connectivity index (χ2v) is 8.73. The molecule has 0 aliphatic carbocycles. The maximum Gasteiger partial charge on any atom is 0.183 e. The summed E-state index contributed by atoms with van der Waals surface area (Å²) in [5, 5.41) is 0. The maximum atomic E-state index is 5.97. The molecule has 1 fully saturated rings. The molecule has 1 aliphatic rings. The maximum absolute atomic E-state index is 5.97. The van der Waals surface area contributed by atoms with Gasteiger partial charge in [-0.3, -0.25) is 0 Å². The SMILES string of the molecule is C=CCCC[C@H]1CO[C@H](c2ccc(-c3ccc(OCCC[C@@H](C)CC)cc3)cc2)OC1. The van der Waals surface area contributed by atoms with E-state index in [1.807, 2.05) is 6.08 Å². The highest BCUT2D eigenvalue weighted by atomic mass is 16.7. The van der Waals surface area contributed by atoms with Crippen LogP contribution >= 0.6 is 0 Å². The van der Waals surface area contributed by atoms with E-state index in [1.165, 1.54) is 24.0 Å². The molecule has 0 bridgehead atoms. The highest BCUT2D eigenvalue weighted by Crippen LogP contribution is 2.29. The highest BCUT2D eigenvalue weighted by Gasteiger charge is 2.23. The van der Waals surface area contributed by atoms with Gasteiger partial charge in [0.1, 0.15) is 5.75 Å². The minimum atomic E-state index is -0.254. The minimum Gasteiger partial charge on any atom is -0.494 e. The summed E-state index contributed by atoms with van der Waals surface area (Å²) in [6.07, 6.45) is 8.65. The number of hydrogen-bond acceptors (Lipinski definition) is 3. The monoisotopic (exact) mass is 422 g/mol. The van der Waals surface area contributed by atoms with Gasteiger partial charge in [-0.05, 0) is 61.3 Å². The molecule has 1 atom stereocenters. The summed E-state index contributed by atoms with van der Waals surface area (Å²) < 4.78 is 17.8. The Kier molecular flexibility index (Phi) is 9.64. The number of benzene rings is 2. The van der Waals surface area contributed by atoms with E-state index in [-0.39, 0.29) is 6.29 Å². The van der Waals surface area contributed by atoms with Crippen molar-refractivity contribution in [2.75, 3.05) is 19.8 Å². The molecule has 168 valence electrons. The first kappa shape index (κ1) is 23.6. The Labute approximate surface area is 188 Å². The van der Waals surface area contributed by atoms with Crippen molar-refractivity contribution in [3.05, 3.63) is 66.7 Å². The van der Waals surface area contributed by atoms with Crippen LogP contribution in [0.4, 0.5) is 0 Å². The summed E-state index contributed by atoms with van der Waals surface area (Å²) >= 11 is 0. The summed E-state index contributed by atoms with van der Waals surface area (Å²) in [6.45, 7) is 10.6. The lowest BCUT2D eigenvalue weighted by Gasteiger charge is -2.29. The Hall–Kier alpha value is -2.10. The van der Waals surface area contributed by atoms with Gasteiger partial charge in [-0.1, -0.05) is 62.7 Å². The molecule has 0 unspecified atom stereocenters. The van der Waals surface area contributed by atoms with E-state index in [2.05, 4.69) is 69.0 Å². The van der Waals surface area contributed by atoms with Crippen LogP contribution in [-0.2, 0) is 9.47 Å². The third-order valence-electron chi connectivity index (χ3n) is 6.16. The Morgan fingerprint density at radius 1 is 1.00 bits per heavy atom. The third-order valence-corrected chi connectivity index (χ3v) is 6.16. The fraction of sp³-hybridized carbons (Fsp3) is 0.500. The lowest BCUT2D eigenvalue weighted by molar-refractivity contribution is -0.206. The summed E-state index contributed by atoms with van der Waals surface area (Å²) in [4.78, 5) is 0. The average Bonchev–Trinajstić information content (AvgIpc) is 2.83. The molecule has 0 radical (unpaired) electrons. The van der Waals surface area contributed by atoms with Gasteiger partial charge in [0.2, 0.25) is 0 Å². The van der Waals surface area contributed by atoms with Crippen LogP contribution in [0.15, 0.2) is 61.2 Å². The quantitative estimate of drug-likeness (QED) is 0.261. The van der Waals surface area contributed by atoms with E-state index in [0.29, 0.717) is 5.92 Å². The second kappa shape index (κ2) is 12.7. The van der Waals surface area contributed by atoms with Gasteiger partial charge in [-0.15, -0.1) is 6.58 Å². The van der Waals surface area contributed by atoms with Gasteiger partial charge in [0, 0.05) is 11.5 Å². The van der Waals surface area contributed by atoms with Gasteiger partial charge in [-0.25, -0.2) is 0 Å². The van der Waals surface area contributed by atoms with Crippen LogP contribution in [0.3, 0.4) is 0 Å². The fourth-order valence-corrected chi connectivity index (χ4v) is 3.86. The molecule has 3 rings (SSSR count). The highest BCUT2D eigenvalue weighted by molar-refractivity contribution is 5.64. The molecule has 3 nitrogen and oxygen atoms in total. The van der Waals surface area contributed by atoms with Crippen LogP contribution in [0.1, 0.15) is 64.2 Å². The van der Waals surface area contributed by atoms with Crippen molar-refractivity contribution in [3.8, 4) is 16.9 Å². The van der Waals surface area contributed by atoms with Crippen LogP contribution in [0.25, 0.3) is 11.1 Å². The van der Waals surface area contributed by atoms with E-state index in [9.17, 15) is 0 Å². The molecular formula is C28H38O3. The van der Waals surface area contributed by atoms with Crippen LogP contribution in [0.5, 0.6) is 5.75 Å². The molecule has 3 heteroatoms. The zero-order valence-electron chi connectivity index (χ0n) is 19.2. The van der Waals surface area contributed by atoms with Crippen LogP contribution in [0, 0.1) is 11.8 Å². The number of hydrogen-bond donors (Lipinski definition) is 0. The number of rotatable bonds is 12. The minimum absolute atomic E-state index is 0.254. The van der Waals surface area contributed by atoms with E-state index < -0.39 is 0 Å². The molecule has 0 saturated carbocycles. The Morgan fingerprint density at radius 2 is 1.65 bits per heavy atom. The van der Waals surface area contributed by atoms with Gasteiger partial charge in [0.25, 0.3) is 0 Å². The van der Waals surface area contributed by atoms with Crippen LogP contribution < -0.4 is 4.74 Å². The first-order valence-electron chi connectivity index (χ1n) is 11.9. The topological polar surface area (TPSA) is 27.7 Å². The van der Waals surface area contributed by atoms with Gasteiger partial charge in [-0.2, -0.15) is 0 Å². The van der Waals surface area contributed by atoms with Crippen LogP contribution in [0.2, 0.25) is 0 Å². The molecule has 1 heterocycles. The predicted octanol–water partition coefficient (Wildman–Crippen LogP) is 7.58. The number of unbranched alkanes of at least 4 members (excludes halogenated alkanes) is 1. The lowest BCUT2D eigenvalue weighted by Crippen LogP contribution is -2.27. The van der Waals surface area contributed by atoms with Crippen LogP contribution in [-0.4, -0.2) is 19.8 Å². The normalized spacial score (nSPS) is 19.7. The Morgan fingerprint density at radius 3 is 2.26 bits per heavy atom. The average molecular weight is 423 g/mol. The largest absolute Gasteiger partial charge is 0.494 e. The molecule has 0 N–H and O–H groups in total. The smallest absolute Gasteiger partial charge is 0.183 e. The van der Waals surface area contributed by atoms with Crippen molar-refractivity contribution in [2.45, 2.75) is 58.7 Å². The molecule has 2 aromatic carbocycles. The zero-order chi connectivity index (χ0) is 21.9. The first-order valence-corrected chi connectivity index (χ1v) is 11.9. The number of allylic oxidation sites excluding steroid dienone is 1.